The Bertz CT molecular complexity index is 1480. The molecule has 1 saturated carbocycles. The minimum atomic E-state index is -4.70. The number of amides is 1. The highest BCUT2D eigenvalue weighted by atomic mass is 35.5. The van der Waals surface area contributed by atoms with Gasteiger partial charge in [0.2, 0.25) is 5.82 Å². The highest BCUT2D eigenvalue weighted by Gasteiger charge is 2.60. The predicted octanol–water partition coefficient (Wildman–Crippen LogP) is 4.52. The molecule has 1 amide bonds. The first-order valence-corrected chi connectivity index (χ1v) is 13.5. The lowest BCUT2D eigenvalue weighted by atomic mass is 10.1. The fraction of sp³-hybridized carbons (Fsp3) is 0.429. The van der Waals surface area contributed by atoms with Gasteiger partial charge in [0.25, 0.3) is 5.91 Å². The number of hydrogen-bond acceptors (Lipinski definition) is 7. The summed E-state index contributed by atoms with van der Waals surface area (Å²) >= 11 is 5.94. The van der Waals surface area contributed by atoms with Gasteiger partial charge < -0.3 is 14.5 Å². The summed E-state index contributed by atoms with van der Waals surface area (Å²) < 4.78 is 45.8. The second-order valence-corrected chi connectivity index (χ2v) is 11.1. The first-order valence-electron chi connectivity index (χ1n) is 13.1. The van der Waals surface area contributed by atoms with Crippen molar-refractivity contribution in [3.8, 4) is 0 Å². The molecule has 1 unspecified atom stereocenters. The van der Waals surface area contributed by atoms with Crippen LogP contribution < -0.4 is 4.90 Å². The molecule has 1 spiro atoms. The van der Waals surface area contributed by atoms with Crippen LogP contribution in [0.15, 0.2) is 42.5 Å². The summed E-state index contributed by atoms with van der Waals surface area (Å²) in [6.45, 7) is 3.82. The topological polar surface area (TPSA) is 78.9 Å². The maximum Gasteiger partial charge on any atom is 0.451 e. The van der Waals surface area contributed by atoms with E-state index in [9.17, 15) is 22.8 Å². The summed E-state index contributed by atoms with van der Waals surface area (Å²) in [7, 11) is 1.25. The van der Waals surface area contributed by atoms with Crippen molar-refractivity contribution in [2.24, 2.45) is 5.41 Å². The molecular weight excluding hydrogens is 547 g/mol. The van der Waals surface area contributed by atoms with Gasteiger partial charge in [0.05, 0.1) is 18.2 Å². The SMILES string of the molecule is COC(=O)c1ccc2nc(C(F)(F)F)nc(N3CCC4(C[C@H]4N4CCN(C(=O)c5ccc(Cl)cc5)CC4)C3)c2c1. The van der Waals surface area contributed by atoms with Gasteiger partial charge >= 0.3 is 12.1 Å². The zero-order valence-corrected chi connectivity index (χ0v) is 22.5. The molecule has 3 fully saturated rings. The Morgan fingerprint density at radius 2 is 1.70 bits per heavy atom. The zero-order chi connectivity index (χ0) is 28.2. The molecule has 2 saturated heterocycles. The summed E-state index contributed by atoms with van der Waals surface area (Å²) in [6, 6.07) is 11.5. The largest absolute Gasteiger partial charge is 0.465 e. The van der Waals surface area contributed by atoms with Crippen molar-refractivity contribution in [2.75, 3.05) is 51.3 Å². The second-order valence-electron chi connectivity index (χ2n) is 10.7. The van der Waals surface area contributed by atoms with Crippen LogP contribution in [0.3, 0.4) is 0 Å². The molecule has 1 aliphatic carbocycles. The number of nitrogens with zero attached hydrogens (tertiary/aromatic N) is 5. The van der Waals surface area contributed by atoms with Crippen LogP contribution in [0.4, 0.5) is 19.0 Å². The maximum atomic E-state index is 13.7. The first kappa shape index (κ1) is 26.8. The fourth-order valence-electron chi connectivity index (χ4n) is 6.09. The molecule has 3 aliphatic rings. The van der Waals surface area contributed by atoms with Gasteiger partial charge in [-0.2, -0.15) is 13.2 Å². The number of carbonyl (C=O) groups is 2. The Morgan fingerprint density at radius 3 is 2.38 bits per heavy atom. The monoisotopic (exact) mass is 573 g/mol. The quantitative estimate of drug-likeness (QED) is 0.425. The number of carbonyl (C=O) groups excluding carboxylic acids is 2. The number of rotatable bonds is 4. The van der Waals surface area contributed by atoms with Gasteiger partial charge in [-0.1, -0.05) is 11.6 Å². The van der Waals surface area contributed by atoms with Gasteiger partial charge in [-0.25, -0.2) is 14.8 Å². The summed E-state index contributed by atoms with van der Waals surface area (Å²) in [6.07, 6.45) is -2.94. The van der Waals surface area contributed by atoms with E-state index in [1.54, 1.807) is 24.3 Å². The minimum absolute atomic E-state index is 0.0173. The lowest BCUT2D eigenvalue weighted by molar-refractivity contribution is -0.144. The van der Waals surface area contributed by atoms with E-state index >= 15 is 0 Å². The van der Waals surface area contributed by atoms with Crippen molar-refractivity contribution in [3.63, 3.8) is 0 Å². The molecule has 2 atom stereocenters. The van der Waals surface area contributed by atoms with E-state index in [0.29, 0.717) is 48.2 Å². The van der Waals surface area contributed by atoms with Crippen LogP contribution in [0.2, 0.25) is 5.02 Å². The third-order valence-corrected chi connectivity index (χ3v) is 8.57. The molecule has 2 aromatic carbocycles. The summed E-state index contributed by atoms with van der Waals surface area (Å²) in [5.74, 6) is -1.61. The first-order chi connectivity index (χ1) is 19.1. The van der Waals surface area contributed by atoms with Crippen LogP contribution in [-0.2, 0) is 10.9 Å². The molecule has 3 heterocycles. The van der Waals surface area contributed by atoms with Crippen molar-refractivity contribution in [1.29, 1.82) is 0 Å². The average Bonchev–Trinajstić information content (AvgIpc) is 3.50. The number of anilines is 1. The summed E-state index contributed by atoms with van der Waals surface area (Å²) in [4.78, 5) is 38.8. The number of fused-ring (bicyclic) bond motifs is 1. The molecule has 1 aromatic heterocycles. The van der Waals surface area contributed by atoms with Crippen molar-refractivity contribution >= 4 is 40.2 Å². The Balaban J connectivity index is 1.18. The van der Waals surface area contributed by atoms with Crippen molar-refractivity contribution in [3.05, 3.63) is 64.4 Å². The van der Waals surface area contributed by atoms with Crippen LogP contribution in [-0.4, -0.2) is 84.1 Å². The van der Waals surface area contributed by atoms with Gasteiger partial charge in [-0.3, -0.25) is 9.69 Å². The maximum absolute atomic E-state index is 13.7. The number of piperazine rings is 1. The molecule has 0 radical (unpaired) electrons. The van der Waals surface area contributed by atoms with Gasteiger partial charge in [0, 0.05) is 66.7 Å². The van der Waals surface area contributed by atoms with E-state index in [1.165, 1.54) is 25.3 Å². The summed E-state index contributed by atoms with van der Waals surface area (Å²) in [5.41, 5.74) is 0.916. The zero-order valence-electron chi connectivity index (χ0n) is 21.7. The number of alkyl halides is 3. The van der Waals surface area contributed by atoms with E-state index in [4.69, 9.17) is 16.3 Å². The van der Waals surface area contributed by atoms with Crippen molar-refractivity contribution in [2.45, 2.75) is 25.1 Å². The Kier molecular flexibility index (Phi) is 6.61. The number of methoxy groups -OCH3 is 1. The highest BCUT2D eigenvalue weighted by molar-refractivity contribution is 6.30. The Labute approximate surface area is 233 Å². The van der Waals surface area contributed by atoms with Crippen LogP contribution in [0.1, 0.15) is 39.4 Å². The number of benzene rings is 2. The van der Waals surface area contributed by atoms with E-state index in [0.717, 1.165) is 25.9 Å². The molecule has 8 nitrogen and oxygen atoms in total. The van der Waals surface area contributed by atoms with Crippen LogP contribution in [0.5, 0.6) is 0 Å². The second kappa shape index (κ2) is 9.88. The van der Waals surface area contributed by atoms with Crippen LogP contribution in [0, 0.1) is 5.41 Å². The molecule has 6 rings (SSSR count). The lowest BCUT2D eigenvalue weighted by Crippen LogP contribution is -2.50. The number of aromatic nitrogens is 2. The molecule has 12 heteroatoms. The van der Waals surface area contributed by atoms with Crippen LogP contribution in [0.25, 0.3) is 10.9 Å². The lowest BCUT2D eigenvalue weighted by Gasteiger charge is -2.36. The molecule has 40 heavy (non-hydrogen) atoms. The van der Waals surface area contributed by atoms with Gasteiger partial charge in [-0.05, 0) is 55.3 Å². The number of esters is 1. The number of halogens is 4. The Morgan fingerprint density at radius 1 is 1.00 bits per heavy atom. The highest BCUT2D eigenvalue weighted by Crippen LogP contribution is 2.56. The average molecular weight is 574 g/mol. The fourth-order valence-corrected chi connectivity index (χ4v) is 6.22. The van der Waals surface area contributed by atoms with Crippen molar-refractivity contribution < 1.29 is 27.5 Å². The van der Waals surface area contributed by atoms with Crippen molar-refractivity contribution in [1.82, 2.24) is 19.8 Å². The van der Waals surface area contributed by atoms with E-state index in [2.05, 4.69) is 14.9 Å². The Hall–Kier alpha value is -3.44. The van der Waals surface area contributed by atoms with E-state index in [-0.39, 0.29) is 28.2 Å². The normalized spacial score (nSPS) is 23.2. The molecule has 2 aliphatic heterocycles. The molecule has 210 valence electrons. The van der Waals surface area contributed by atoms with Gasteiger partial charge in [0.15, 0.2) is 0 Å². The number of hydrogen-bond donors (Lipinski definition) is 0. The van der Waals surface area contributed by atoms with E-state index < -0.39 is 18.0 Å². The smallest absolute Gasteiger partial charge is 0.451 e. The molecule has 0 bridgehead atoms. The molecule has 3 aromatic rings. The van der Waals surface area contributed by atoms with Gasteiger partial charge in [-0.15, -0.1) is 0 Å². The van der Waals surface area contributed by atoms with Crippen LogP contribution >= 0.6 is 11.6 Å². The third kappa shape index (κ3) is 4.85. The summed E-state index contributed by atoms with van der Waals surface area (Å²) in [5, 5.41) is 0.971. The third-order valence-electron chi connectivity index (χ3n) is 8.32. The molecule has 0 N–H and O–H groups in total. The molecular formula is C28H27ClF3N5O3. The minimum Gasteiger partial charge on any atom is -0.465 e. The predicted molar refractivity (Wildman–Crippen MR) is 142 cm³/mol. The van der Waals surface area contributed by atoms with Gasteiger partial charge in [0.1, 0.15) is 5.82 Å². The standard InChI is InChI=1S/C28H27ClF3N5O3/c1-40-25(39)18-4-7-21-20(14-18)23(34-26(33-21)28(30,31)32)37-9-8-27(16-37)15-22(27)35-10-12-36(13-11-35)24(38)17-2-5-19(29)6-3-17/h2-7,14,22H,8-13,15-16H2,1H3/t22-,27?/m1/s1. The number of ether oxygens (including phenoxy) is 1. The van der Waals surface area contributed by atoms with E-state index in [1.807, 2.05) is 9.80 Å².